The van der Waals surface area contributed by atoms with E-state index in [0.29, 0.717) is 21.8 Å². The molecule has 0 saturated heterocycles. The van der Waals surface area contributed by atoms with Gasteiger partial charge in [-0.15, -0.1) is 0 Å². The maximum atomic E-state index is 13.6. The first kappa shape index (κ1) is 20.2. The SMILES string of the molecule is CNC(=O)c1ccc(NC(=O)CN[C@@H](C)c2cc(F)c(Cl)cc2Cl)cc1. The van der Waals surface area contributed by atoms with Crippen LogP contribution in [0.5, 0.6) is 0 Å². The van der Waals surface area contributed by atoms with Gasteiger partial charge in [0.2, 0.25) is 5.91 Å². The van der Waals surface area contributed by atoms with Crippen LogP contribution in [-0.4, -0.2) is 25.4 Å². The third-order valence-corrected chi connectivity index (χ3v) is 4.35. The predicted molar refractivity (Wildman–Crippen MR) is 101 cm³/mol. The van der Waals surface area contributed by atoms with Crippen LogP contribution in [-0.2, 0) is 4.79 Å². The Hall–Kier alpha value is -2.15. The largest absolute Gasteiger partial charge is 0.355 e. The van der Waals surface area contributed by atoms with Gasteiger partial charge in [-0.1, -0.05) is 23.2 Å². The molecule has 1 atom stereocenters. The lowest BCUT2D eigenvalue weighted by atomic mass is 10.1. The lowest BCUT2D eigenvalue weighted by Crippen LogP contribution is -2.30. The van der Waals surface area contributed by atoms with Crippen LogP contribution in [0.25, 0.3) is 0 Å². The average Bonchev–Trinajstić information content (AvgIpc) is 2.62. The minimum Gasteiger partial charge on any atom is -0.355 e. The molecule has 138 valence electrons. The van der Waals surface area contributed by atoms with Crippen molar-refractivity contribution in [1.82, 2.24) is 10.6 Å². The summed E-state index contributed by atoms with van der Waals surface area (Å²) in [6.45, 7) is 1.76. The Kier molecular flexibility index (Phi) is 6.97. The summed E-state index contributed by atoms with van der Waals surface area (Å²) in [5.41, 5.74) is 1.57. The summed E-state index contributed by atoms with van der Waals surface area (Å²) in [6.07, 6.45) is 0. The Morgan fingerprint density at radius 3 is 2.38 bits per heavy atom. The van der Waals surface area contributed by atoms with E-state index in [-0.39, 0.29) is 29.4 Å². The van der Waals surface area contributed by atoms with Crippen molar-refractivity contribution in [3.63, 3.8) is 0 Å². The summed E-state index contributed by atoms with van der Waals surface area (Å²) in [4.78, 5) is 23.5. The summed E-state index contributed by atoms with van der Waals surface area (Å²) in [5.74, 6) is -1.05. The number of anilines is 1. The van der Waals surface area contributed by atoms with Crippen LogP contribution in [0.15, 0.2) is 36.4 Å². The van der Waals surface area contributed by atoms with Crippen LogP contribution in [0.2, 0.25) is 10.0 Å². The van der Waals surface area contributed by atoms with Gasteiger partial charge in [0.1, 0.15) is 5.82 Å². The Labute approximate surface area is 160 Å². The van der Waals surface area contributed by atoms with Crippen molar-refractivity contribution >= 4 is 40.7 Å². The third kappa shape index (κ3) is 5.17. The minimum absolute atomic E-state index is 0.00105. The van der Waals surface area contributed by atoms with Gasteiger partial charge < -0.3 is 16.0 Å². The number of hydrogen-bond acceptors (Lipinski definition) is 3. The van der Waals surface area contributed by atoms with E-state index in [1.807, 2.05) is 0 Å². The molecule has 0 saturated carbocycles. The number of nitrogens with one attached hydrogen (secondary N) is 3. The number of rotatable bonds is 6. The standard InChI is InChI=1S/C18H18Cl2FN3O2/c1-10(13-7-16(21)15(20)8-14(13)19)23-9-17(25)24-12-5-3-11(4-6-12)18(26)22-2/h3-8,10,23H,9H2,1-2H3,(H,22,26)(H,24,25)/t10-/m0/s1. The summed E-state index contributed by atoms with van der Waals surface area (Å²) < 4.78 is 13.6. The molecule has 2 amide bonds. The Morgan fingerprint density at radius 2 is 1.77 bits per heavy atom. The molecule has 0 fully saturated rings. The molecular formula is C18H18Cl2FN3O2. The number of benzene rings is 2. The van der Waals surface area contributed by atoms with Gasteiger partial charge in [0.25, 0.3) is 5.91 Å². The normalized spacial score (nSPS) is 11.7. The summed E-state index contributed by atoms with van der Waals surface area (Å²) in [5, 5.41) is 8.47. The molecule has 0 unspecified atom stereocenters. The van der Waals surface area contributed by atoms with Crippen LogP contribution >= 0.6 is 23.2 Å². The molecule has 0 aliphatic heterocycles. The highest BCUT2D eigenvalue weighted by molar-refractivity contribution is 6.35. The lowest BCUT2D eigenvalue weighted by Gasteiger charge is -2.16. The van der Waals surface area contributed by atoms with E-state index >= 15 is 0 Å². The fourth-order valence-electron chi connectivity index (χ4n) is 2.28. The van der Waals surface area contributed by atoms with Gasteiger partial charge in [-0.3, -0.25) is 9.59 Å². The molecule has 8 heteroatoms. The predicted octanol–water partition coefficient (Wildman–Crippen LogP) is 3.78. The molecule has 0 aliphatic carbocycles. The van der Waals surface area contributed by atoms with Crippen LogP contribution < -0.4 is 16.0 Å². The molecule has 26 heavy (non-hydrogen) atoms. The molecule has 5 nitrogen and oxygen atoms in total. The Bertz CT molecular complexity index is 813. The maximum absolute atomic E-state index is 13.6. The lowest BCUT2D eigenvalue weighted by molar-refractivity contribution is -0.115. The highest BCUT2D eigenvalue weighted by Crippen LogP contribution is 2.28. The van der Waals surface area contributed by atoms with E-state index in [1.54, 1.807) is 38.2 Å². The topological polar surface area (TPSA) is 70.2 Å². The third-order valence-electron chi connectivity index (χ3n) is 3.73. The van der Waals surface area contributed by atoms with Crippen molar-refractivity contribution < 1.29 is 14.0 Å². The van der Waals surface area contributed by atoms with Crippen molar-refractivity contribution in [2.75, 3.05) is 18.9 Å². The molecule has 3 N–H and O–H groups in total. The number of amides is 2. The summed E-state index contributed by atoms with van der Waals surface area (Å²) >= 11 is 11.7. The van der Waals surface area contributed by atoms with Gasteiger partial charge in [-0.2, -0.15) is 0 Å². The zero-order valence-electron chi connectivity index (χ0n) is 14.2. The van der Waals surface area contributed by atoms with Gasteiger partial charge in [-0.05, 0) is 48.9 Å². The summed E-state index contributed by atoms with van der Waals surface area (Å²) in [7, 11) is 1.55. The Morgan fingerprint density at radius 1 is 1.12 bits per heavy atom. The van der Waals surface area contributed by atoms with Gasteiger partial charge in [-0.25, -0.2) is 4.39 Å². The van der Waals surface area contributed by atoms with Crippen molar-refractivity contribution in [3.8, 4) is 0 Å². The molecular weight excluding hydrogens is 380 g/mol. The number of halogens is 3. The maximum Gasteiger partial charge on any atom is 0.251 e. The molecule has 0 heterocycles. The van der Waals surface area contributed by atoms with Crippen LogP contribution in [0.4, 0.5) is 10.1 Å². The van der Waals surface area contributed by atoms with Crippen LogP contribution in [0, 0.1) is 5.82 Å². The molecule has 0 spiro atoms. The van der Waals surface area contributed by atoms with E-state index in [9.17, 15) is 14.0 Å². The average molecular weight is 398 g/mol. The molecule has 0 aromatic heterocycles. The fraction of sp³-hybridized carbons (Fsp3) is 0.222. The smallest absolute Gasteiger partial charge is 0.251 e. The first-order chi connectivity index (χ1) is 12.3. The second-order valence-electron chi connectivity index (χ2n) is 5.60. The number of carbonyl (C=O) groups is 2. The van der Waals surface area contributed by atoms with Gasteiger partial charge in [0.15, 0.2) is 0 Å². The van der Waals surface area contributed by atoms with Gasteiger partial charge >= 0.3 is 0 Å². The molecule has 0 aliphatic rings. The monoisotopic (exact) mass is 397 g/mol. The number of carbonyl (C=O) groups excluding carboxylic acids is 2. The van der Waals surface area contributed by atoms with Gasteiger partial charge in [0, 0.05) is 29.4 Å². The van der Waals surface area contributed by atoms with Crippen molar-refractivity contribution in [2.45, 2.75) is 13.0 Å². The van der Waals surface area contributed by atoms with E-state index in [4.69, 9.17) is 23.2 Å². The van der Waals surface area contributed by atoms with E-state index in [1.165, 1.54) is 12.1 Å². The fourth-order valence-corrected chi connectivity index (χ4v) is 2.83. The zero-order chi connectivity index (χ0) is 19.3. The van der Waals surface area contributed by atoms with E-state index in [0.717, 1.165) is 0 Å². The van der Waals surface area contributed by atoms with Crippen LogP contribution in [0.3, 0.4) is 0 Å². The number of hydrogen-bond donors (Lipinski definition) is 3. The van der Waals surface area contributed by atoms with E-state index < -0.39 is 5.82 Å². The molecule has 2 rings (SSSR count). The van der Waals surface area contributed by atoms with Gasteiger partial charge in [0.05, 0.1) is 11.6 Å². The first-order valence-corrected chi connectivity index (χ1v) is 8.57. The molecule has 0 radical (unpaired) electrons. The molecule has 0 bridgehead atoms. The molecule has 2 aromatic rings. The highest BCUT2D eigenvalue weighted by atomic mass is 35.5. The quantitative estimate of drug-likeness (QED) is 0.649. The molecule has 2 aromatic carbocycles. The minimum atomic E-state index is -0.569. The second-order valence-corrected chi connectivity index (χ2v) is 6.41. The first-order valence-electron chi connectivity index (χ1n) is 7.81. The second kappa shape index (κ2) is 8.98. The summed E-state index contributed by atoms with van der Waals surface area (Å²) in [6, 6.07) is 8.73. The van der Waals surface area contributed by atoms with Crippen LogP contribution in [0.1, 0.15) is 28.9 Å². The van der Waals surface area contributed by atoms with E-state index in [2.05, 4.69) is 16.0 Å². The van der Waals surface area contributed by atoms with Crippen molar-refractivity contribution in [1.29, 1.82) is 0 Å². The van der Waals surface area contributed by atoms with Crippen molar-refractivity contribution in [2.24, 2.45) is 0 Å². The zero-order valence-corrected chi connectivity index (χ0v) is 15.7. The Balaban J connectivity index is 1.92. The van der Waals surface area contributed by atoms with Crippen molar-refractivity contribution in [3.05, 3.63) is 63.4 Å². The highest BCUT2D eigenvalue weighted by Gasteiger charge is 2.14.